The van der Waals surface area contributed by atoms with Crippen molar-refractivity contribution in [3.8, 4) is 17.2 Å². The van der Waals surface area contributed by atoms with Crippen LogP contribution in [0, 0.1) is 5.82 Å². The Morgan fingerprint density at radius 1 is 1.15 bits per heavy atom. The van der Waals surface area contributed by atoms with Gasteiger partial charge in [-0.1, -0.05) is 5.16 Å². The number of benzene rings is 2. The molecule has 3 N–H and O–H groups in total. The fraction of sp³-hybridized carbons (Fsp3) is 0.0714. The smallest absolute Gasteiger partial charge is 0.173 e. The first-order valence-corrected chi connectivity index (χ1v) is 5.73. The molecule has 0 spiro atoms. The molecule has 0 aromatic heterocycles. The minimum Gasteiger partial charge on any atom is -0.497 e. The summed E-state index contributed by atoms with van der Waals surface area (Å²) in [5, 5.41) is 11.6. The molecule has 0 aliphatic heterocycles. The van der Waals surface area contributed by atoms with Crippen molar-refractivity contribution in [3.63, 3.8) is 0 Å². The molecule has 104 valence electrons. The molecule has 20 heavy (non-hydrogen) atoms. The fourth-order valence-corrected chi connectivity index (χ4v) is 1.62. The largest absolute Gasteiger partial charge is 0.497 e. The monoisotopic (exact) mass is 276 g/mol. The van der Waals surface area contributed by atoms with Crippen LogP contribution in [0.3, 0.4) is 0 Å². The van der Waals surface area contributed by atoms with Crippen molar-refractivity contribution in [1.29, 1.82) is 0 Å². The molecule has 0 aliphatic rings. The van der Waals surface area contributed by atoms with E-state index < -0.39 is 5.82 Å². The van der Waals surface area contributed by atoms with Crippen LogP contribution in [0.2, 0.25) is 0 Å². The Kier molecular flexibility index (Phi) is 4.05. The molecule has 0 amide bonds. The molecule has 2 rings (SSSR count). The van der Waals surface area contributed by atoms with E-state index in [1.807, 2.05) is 0 Å². The van der Waals surface area contributed by atoms with Crippen LogP contribution in [0.4, 0.5) is 4.39 Å². The highest BCUT2D eigenvalue weighted by atomic mass is 19.1. The highest BCUT2D eigenvalue weighted by Gasteiger charge is 2.11. The SMILES string of the molecule is COc1ccc(Oc2ccc(F)cc2C(N)=NO)cc1. The van der Waals surface area contributed by atoms with Crippen LogP contribution in [-0.2, 0) is 0 Å². The van der Waals surface area contributed by atoms with E-state index in [2.05, 4.69) is 5.16 Å². The lowest BCUT2D eigenvalue weighted by atomic mass is 10.2. The molecule has 0 heterocycles. The molecular weight excluding hydrogens is 263 g/mol. The predicted molar refractivity (Wildman–Crippen MR) is 72.0 cm³/mol. The third-order valence-electron chi connectivity index (χ3n) is 2.61. The molecule has 2 aromatic carbocycles. The minimum atomic E-state index is -0.506. The van der Waals surface area contributed by atoms with Gasteiger partial charge in [0.2, 0.25) is 0 Å². The molecule has 0 fully saturated rings. The molecule has 6 heteroatoms. The minimum absolute atomic E-state index is 0.170. The highest BCUT2D eigenvalue weighted by Crippen LogP contribution is 2.27. The topological polar surface area (TPSA) is 77.1 Å². The summed E-state index contributed by atoms with van der Waals surface area (Å²) in [6, 6.07) is 10.6. The standard InChI is InChI=1S/C14H13FN2O3/c1-19-10-3-5-11(6-4-10)20-13-7-2-9(15)8-12(13)14(16)17-18/h2-8,18H,1H3,(H2,16,17). The fourth-order valence-electron chi connectivity index (χ4n) is 1.62. The second kappa shape index (κ2) is 5.92. The number of nitrogens with two attached hydrogens (primary N) is 1. The van der Waals surface area contributed by atoms with Crippen molar-refractivity contribution in [2.24, 2.45) is 10.9 Å². The molecule has 0 atom stereocenters. The van der Waals surface area contributed by atoms with Crippen LogP contribution in [0.25, 0.3) is 0 Å². The molecule has 0 unspecified atom stereocenters. The van der Waals surface area contributed by atoms with E-state index in [0.717, 1.165) is 6.07 Å². The van der Waals surface area contributed by atoms with E-state index in [-0.39, 0.29) is 17.1 Å². The van der Waals surface area contributed by atoms with Gasteiger partial charge in [0.25, 0.3) is 0 Å². The van der Waals surface area contributed by atoms with Crippen molar-refractivity contribution in [3.05, 3.63) is 53.8 Å². The predicted octanol–water partition coefficient (Wildman–Crippen LogP) is 2.72. The summed E-state index contributed by atoms with van der Waals surface area (Å²) < 4.78 is 23.8. The van der Waals surface area contributed by atoms with E-state index >= 15 is 0 Å². The Bertz CT molecular complexity index is 627. The summed E-state index contributed by atoms with van der Waals surface area (Å²) in [6.07, 6.45) is 0. The van der Waals surface area contributed by atoms with Gasteiger partial charge in [0, 0.05) is 0 Å². The van der Waals surface area contributed by atoms with Crippen molar-refractivity contribution in [2.45, 2.75) is 0 Å². The number of hydrogen-bond acceptors (Lipinski definition) is 4. The Balaban J connectivity index is 2.32. The van der Waals surface area contributed by atoms with Crippen molar-refractivity contribution < 1.29 is 19.1 Å². The van der Waals surface area contributed by atoms with E-state index in [9.17, 15) is 4.39 Å². The molecule has 0 radical (unpaired) electrons. The zero-order valence-electron chi connectivity index (χ0n) is 10.7. The Labute approximate surface area is 115 Å². The molecular formula is C14H13FN2O3. The zero-order valence-corrected chi connectivity index (χ0v) is 10.7. The Morgan fingerprint density at radius 3 is 2.40 bits per heavy atom. The number of oxime groups is 1. The van der Waals surface area contributed by atoms with Crippen molar-refractivity contribution >= 4 is 5.84 Å². The average Bonchev–Trinajstić information content (AvgIpc) is 2.49. The normalized spacial score (nSPS) is 11.2. The van der Waals surface area contributed by atoms with Gasteiger partial charge in [0.1, 0.15) is 23.1 Å². The quantitative estimate of drug-likeness (QED) is 0.389. The van der Waals surface area contributed by atoms with E-state index in [1.54, 1.807) is 31.4 Å². The number of nitrogens with zero attached hydrogens (tertiary/aromatic N) is 1. The number of halogens is 1. The van der Waals surface area contributed by atoms with Gasteiger partial charge in [-0.2, -0.15) is 0 Å². The second-order valence-corrected chi connectivity index (χ2v) is 3.90. The van der Waals surface area contributed by atoms with Crippen LogP contribution in [-0.4, -0.2) is 18.2 Å². The summed E-state index contributed by atoms with van der Waals surface area (Å²) in [6.45, 7) is 0. The van der Waals surface area contributed by atoms with Crippen LogP contribution in [0.1, 0.15) is 5.56 Å². The first-order chi connectivity index (χ1) is 9.63. The summed E-state index contributed by atoms with van der Waals surface area (Å²) in [4.78, 5) is 0. The van der Waals surface area contributed by atoms with Gasteiger partial charge in [0.05, 0.1) is 12.7 Å². The number of ether oxygens (including phenoxy) is 2. The Hall–Kier alpha value is -2.76. The van der Waals surface area contributed by atoms with Gasteiger partial charge in [-0.15, -0.1) is 0 Å². The van der Waals surface area contributed by atoms with Crippen LogP contribution in [0.5, 0.6) is 17.2 Å². The van der Waals surface area contributed by atoms with E-state index in [4.69, 9.17) is 20.4 Å². The highest BCUT2D eigenvalue weighted by molar-refractivity contribution is 5.99. The summed E-state index contributed by atoms with van der Waals surface area (Å²) in [7, 11) is 1.56. The van der Waals surface area contributed by atoms with E-state index in [0.29, 0.717) is 11.5 Å². The zero-order chi connectivity index (χ0) is 14.5. The summed E-state index contributed by atoms with van der Waals surface area (Å²) >= 11 is 0. The Morgan fingerprint density at radius 2 is 1.80 bits per heavy atom. The molecule has 0 saturated heterocycles. The van der Waals surface area contributed by atoms with Gasteiger partial charge in [0.15, 0.2) is 5.84 Å². The van der Waals surface area contributed by atoms with Gasteiger partial charge in [-0.3, -0.25) is 0 Å². The average molecular weight is 276 g/mol. The lowest BCUT2D eigenvalue weighted by Gasteiger charge is -2.10. The van der Waals surface area contributed by atoms with Gasteiger partial charge in [-0.25, -0.2) is 4.39 Å². The van der Waals surface area contributed by atoms with Crippen molar-refractivity contribution in [1.82, 2.24) is 0 Å². The maximum absolute atomic E-state index is 13.2. The van der Waals surface area contributed by atoms with Crippen molar-refractivity contribution in [2.75, 3.05) is 7.11 Å². The maximum Gasteiger partial charge on any atom is 0.173 e. The molecule has 5 nitrogen and oxygen atoms in total. The summed E-state index contributed by atoms with van der Waals surface area (Å²) in [5.41, 5.74) is 5.67. The van der Waals surface area contributed by atoms with Gasteiger partial charge < -0.3 is 20.4 Å². The molecule has 0 saturated carbocycles. The first kappa shape index (κ1) is 13.7. The first-order valence-electron chi connectivity index (χ1n) is 5.73. The summed E-state index contributed by atoms with van der Waals surface area (Å²) in [5.74, 6) is 0.756. The number of amidine groups is 1. The number of methoxy groups -OCH3 is 1. The third-order valence-corrected chi connectivity index (χ3v) is 2.61. The van der Waals surface area contributed by atoms with Crippen LogP contribution in [0.15, 0.2) is 47.6 Å². The third kappa shape index (κ3) is 2.97. The van der Waals surface area contributed by atoms with Gasteiger partial charge >= 0.3 is 0 Å². The number of rotatable bonds is 4. The molecule has 2 aromatic rings. The van der Waals surface area contributed by atoms with E-state index in [1.165, 1.54) is 12.1 Å². The lowest BCUT2D eigenvalue weighted by Crippen LogP contribution is -2.14. The molecule has 0 aliphatic carbocycles. The maximum atomic E-state index is 13.2. The molecule has 0 bridgehead atoms. The van der Waals surface area contributed by atoms with Crippen LogP contribution >= 0.6 is 0 Å². The second-order valence-electron chi connectivity index (χ2n) is 3.90. The number of hydrogen-bond donors (Lipinski definition) is 2. The van der Waals surface area contributed by atoms with Crippen LogP contribution < -0.4 is 15.2 Å². The lowest BCUT2D eigenvalue weighted by molar-refractivity contribution is 0.318. The van der Waals surface area contributed by atoms with Gasteiger partial charge in [-0.05, 0) is 42.5 Å².